The van der Waals surface area contributed by atoms with Crippen LogP contribution in [0.2, 0.25) is 0 Å². The van der Waals surface area contributed by atoms with Crippen molar-refractivity contribution in [1.29, 1.82) is 0 Å². The average Bonchev–Trinajstić information content (AvgIpc) is 3.42. The van der Waals surface area contributed by atoms with Crippen molar-refractivity contribution in [2.75, 3.05) is 31.5 Å². The van der Waals surface area contributed by atoms with Gasteiger partial charge in [0.15, 0.2) is 5.78 Å². The number of aryl methyl sites for hydroxylation is 1. The van der Waals surface area contributed by atoms with Crippen molar-refractivity contribution >= 4 is 28.9 Å². The van der Waals surface area contributed by atoms with Crippen molar-refractivity contribution in [3.63, 3.8) is 0 Å². The number of ether oxygens (including phenoxy) is 1. The Bertz CT molecular complexity index is 1310. The van der Waals surface area contributed by atoms with E-state index in [1.807, 2.05) is 32.6 Å². The van der Waals surface area contributed by atoms with Crippen molar-refractivity contribution in [1.82, 2.24) is 24.3 Å². The Labute approximate surface area is 236 Å². The van der Waals surface area contributed by atoms with Crippen LogP contribution in [0.4, 0.5) is 10.7 Å². The molecule has 10 nitrogen and oxygen atoms in total. The number of fused-ring (bicyclic) bond motifs is 1. The van der Waals surface area contributed by atoms with Crippen molar-refractivity contribution < 1.29 is 14.3 Å². The molecule has 218 valence electrons. The molecule has 10 heteroatoms. The molecule has 3 heterocycles. The molecule has 0 atom stereocenters. The number of nitrogens with one attached hydrogen (secondary N) is 1. The first-order valence-electron chi connectivity index (χ1n) is 14.9. The summed E-state index contributed by atoms with van der Waals surface area (Å²) in [6.45, 7) is 12.1. The van der Waals surface area contributed by atoms with Gasteiger partial charge in [-0.2, -0.15) is 4.98 Å². The van der Waals surface area contributed by atoms with Gasteiger partial charge in [0.05, 0.1) is 5.56 Å². The third-order valence-electron chi connectivity index (χ3n) is 8.76. The molecule has 1 aliphatic heterocycles. The van der Waals surface area contributed by atoms with Crippen LogP contribution in [0.15, 0.2) is 11.0 Å². The van der Waals surface area contributed by atoms with E-state index in [0.29, 0.717) is 36.3 Å². The zero-order valence-corrected chi connectivity index (χ0v) is 24.7. The Balaban J connectivity index is 1.23. The molecule has 0 spiro atoms. The van der Waals surface area contributed by atoms with E-state index in [-0.39, 0.29) is 35.1 Å². The minimum absolute atomic E-state index is 0.0719. The fraction of sp³-hybridized carbons (Fsp3) is 0.700. The van der Waals surface area contributed by atoms with Gasteiger partial charge < -0.3 is 15.0 Å². The van der Waals surface area contributed by atoms with Gasteiger partial charge in [-0.15, -0.1) is 0 Å². The maximum atomic E-state index is 13.5. The number of piperazine rings is 1. The average molecular weight is 553 g/mol. The molecule has 2 aromatic rings. The van der Waals surface area contributed by atoms with Crippen LogP contribution in [-0.2, 0) is 4.74 Å². The minimum atomic E-state index is -0.474. The third-order valence-corrected chi connectivity index (χ3v) is 8.76. The van der Waals surface area contributed by atoms with E-state index in [2.05, 4.69) is 15.2 Å². The molecule has 2 saturated carbocycles. The number of aromatic nitrogens is 3. The number of hydrogen-bond donors (Lipinski definition) is 1. The quantitative estimate of drug-likeness (QED) is 0.532. The SMILES string of the molecule is CC(=O)c1c(C)c2cnc(NC3CCC(N4CCN(C(=O)OC(C)(C)C)CC4)CC3)nc2n(C2CCCC2)c1=O. The molecule has 5 rings (SSSR count). The fourth-order valence-corrected chi connectivity index (χ4v) is 6.68. The second-order valence-corrected chi connectivity index (χ2v) is 12.8. The summed E-state index contributed by atoms with van der Waals surface area (Å²) in [5, 5.41) is 4.32. The first kappa shape index (κ1) is 28.5. The zero-order valence-electron chi connectivity index (χ0n) is 24.7. The highest BCUT2D eigenvalue weighted by Crippen LogP contribution is 2.32. The van der Waals surface area contributed by atoms with Crippen molar-refractivity contribution in [2.45, 2.75) is 110 Å². The lowest BCUT2D eigenvalue weighted by Crippen LogP contribution is -2.53. The van der Waals surface area contributed by atoms with Crippen LogP contribution in [0.3, 0.4) is 0 Å². The highest BCUT2D eigenvalue weighted by Gasteiger charge is 2.32. The first-order chi connectivity index (χ1) is 19.0. The molecule has 3 fully saturated rings. The molecule has 40 heavy (non-hydrogen) atoms. The number of amides is 1. The summed E-state index contributed by atoms with van der Waals surface area (Å²) in [5.41, 5.74) is 0.864. The van der Waals surface area contributed by atoms with Crippen LogP contribution in [0.5, 0.6) is 0 Å². The van der Waals surface area contributed by atoms with Crippen LogP contribution in [0, 0.1) is 6.92 Å². The second kappa shape index (κ2) is 11.5. The number of ketones is 1. The molecular weight excluding hydrogens is 508 g/mol. The molecule has 0 unspecified atom stereocenters. The van der Waals surface area contributed by atoms with Gasteiger partial charge in [-0.05, 0) is 78.7 Å². The predicted octanol–water partition coefficient (Wildman–Crippen LogP) is 4.69. The van der Waals surface area contributed by atoms with E-state index in [4.69, 9.17) is 9.72 Å². The second-order valence-electron chi connectivity index (χ2n) is 12.8. The predicted molar refractivity (Wildman–Crippen MR) is 155 cm³/mol. The van der Waals surface area contributed by atoms with E-state index in [0.717, 1.165) is 69.8 Å². The lowest BCUT2D eigenvalue weighted by Gasteiger charge is -2.42. The van der Waals surface area contributed by atoms with Gasteiger partial charge >= 0.3 is 6.09 Å². The zero-order chi connectivity index (χ0) is 28.6. The minimum Gasteiger partial charge on any atom is -0.444 e. The van der Waals surface area contributed by atoms with Gasteiger partial charge in [-0.1, -0.05) is 12.8 Å². The number of Topliss-reactive ketones (excluding diaryl/α,β-unsaturated/α-hetero) is 1. The molecule has 0 bridgehead atoms. The number of pyridine rings is 1. The van der Waals surface area contributed by atoms with Gasteiger partial charge in [0.2, 0.25) is 5.95 Å². The molecule has 1 N–H and O–H groups in total. The normalized spacial score (nSPS) is 23.0. The number of nitrogens with zero attached hydrogens (tertiary/aromatic N) is 5. The van der Waals surface area contributed by atoms with Gasteiger partial charge in [0, 0.05) is 55.9 Å². The number of anilines is 1. The topological polar surface area (TPSA) is 110 Å². The van der Waals surface area contributed by atoms with Crippen molar-refractivity contribution in [3.8, 4) is 0 Å². The van der Waals surface area contributed by atoms with E-state index < -0.39 is 5.60 Å². The summed E-state index contributed by atoms with van der Waals surface area (Å²) in [4.78, 5) is 52.0. The van der Waals surface area contributed by atoms with E-state index in [1.54, 1.807) is 10.8 Å². The van der Waals surface area contributed by atoms with E-state index in [1.165, 1.54) is 6.92 Å². The summed E-state index contributed by atoms with van der Waals surface area (Å²) in [6, 6.07) is 0.847. The highest BCUT2D eigenvalue weighted by molar-refractivity contribution is 5.99. The summed E-state index contributed by atoms with van der Waals surface area (Å²) < 4.78 is 7.31. The Morgan fingerprint density at radius 1 is 0.975 bits per heavy atom. The van der Waals surface area contributed by atoms with Crippen LogP contribution in [0.25, 0.3) is 11.0 Å². The molecule has 2 aliphatic carbocycles. The molecule has 1 saturated heterocycles. The van der Waals surface area contributed by atoms with E-state index >= 15 is 0 Å². The van der Waals surface area contributed by atoms with Crippen LogP contribution in [0.1, 0.15) is 101 Å². The molecular formula is C30H44N6O4. The Kier molecular flexibility index (Phi) is 8.17. The van der Waals surface area contributed by atoms with Gasteiger partial charge in [-0.25, -0.2) is 9.78 Å². The Hall–Kier alpha value is -3.01. The fourth-order valence-electron chi connectivity index (χ4n) is 6.68. The standard InChI is InChI=1S/C30H44N6O4/c1-19-24-18-31-28(33-26(24)36(23-8-6-7-9-23)27(38)25(19)20(2)37)32-21-10-12-22(13-11-21)34-14-16-35(17-15-34)29(39)40-30(3,4)5/h18,21-23H,6-17H2,1-5H3,(H,31,32,33). The number of carbonyl (C=O) groups is 2. The first-order valence-corrected chi connectivity index (χ1v) is 14.9. The van der Waals surface area contributed by atoms with Crippen LogP contribution >= 0.6 is 0 Å². The molecule has 3 aliphatic rings. The van der Waals surface area contributed by atoms with Crippen molar-refractivity contribution in [2.24, 2.45) is 0 Å². The summed E-state index contributed by atoms with van der Waals surface area (Å²) in [6.07, 6.45) is 9.74. The van der Waals surface area contributed by atoms with Crippen LogP contribution < -0.4 is 10.9 Å². The third kappa shape index (κ3) is 6.01. The number of hydrogen-bond acceptors (Lipinski definition) is 8. The molecule has 2 aromatic heterocycles. The summed E-state index contributed by atoms with van der Waals surface area (Å²) >= 11 is 0. The summed E-state index contributed by atoms with van der Waals surface area (Å²) in [7, 11) is 0. The number of rotatable bonds is 5. The van der Waals surface area contributed by atoms with Crippen molar-refractivity contribution in [3.05, 3.63) is 27.7 Å². The molecule has 1 amide bonds. The highest BCUT2D eigenvalue weighted by atomic mass is 16.6. The Morgan fingerprint density at radius 3 is 2.23 bits per heavy atom. The summed E-state index contributed by atoms with van der Waals surface area (Å²) in [5.74, 6) is 0.337. The largest absolute Gasteiger partial charge is 0.444 e. The van der Waals surface area contributed by atoms with Gasteiger partial charge in [0.25, 0.3) is 5.56 Å². The van der Waals surface area contributed by atoms with E-state index in [9.17, 15) is 14.4 Å². The number of carbonyl (C=O) groups excluding carboxylic acids is 2. The monoisotopic (exact) mass is 552 g/mol. The lowest BCUT2D eigenvalue weighted by atomic mass is 9.90. The van der Waals surface area contributed by atoms with Gasteiger partial charge in [-0.3, -0.25) is 19.1 Å². The van der Waals surface area contributed by atoms with Crippen LogP contribution in [-0.4, -0.2) is 80.1 Å². The lowest BCUT2D eigenvalue weighted by molar-refractivity contribution is 0.00805. The van der Waals surface area contributed by atoms with Gasteiger partial charge in [0.1, 0.15) is 11.2 Å². The maximum Gasteiger partial charge on any atom is 0.410 e. The molecule has 0 radical (unpaired) electrons. The smallest absolute Gasteiger partial charge is 0.410 e. The maximum absolute atomic E-state index is 13.5. The molecule has 0 aromatic carbocycles. The Morgan fingerprint density at radius 2 is 1.62 bits per heavy atom.